The lowest BCUT2D eigenvalue weighted by Gasteiger charge is -2.34. The average molecular weight is 390 g/mol. The molecule has 9 nitrogen and oxygen atoms in total. The number of unbranched alkanes of at least 4 members (excludes halogenated alkanes) is 2. The predicted molar refractivity (Wildman–Crippen MR) is 94.1 cm³/mol. The monoisotopic (exact) mass is 390 g/mol. The van der Waals surface area contributed by atoms with Crippen LogP contribution in [0.3, 0.4) is 0 Å². The quantitative estimate of drug-likeness (QED) is 0.318. The highest BCUT2D eigenvalue weighted by Gasteiger charge is 2.52. The van der Waals surface area contributed by atoms with Crippen LogP contribution in [-0.2, 0) is 33.4 Å². The fourth-order valence-electron chi connectivity index (χ4n) is 2.57. The van der Waals surface area contributed by atoms with Gasteiger partial charge in [0, 0.05) is 6.61 Å². The third-order valence-corrected chi connectivity index (χ3v) is 3.96. The lowest BCUT2D eigenvalue weighted by molar-refractivity contribution is -0.192. The topological polar surface area (TPSA) is 136 Å². The molecule has 156 valence electrons. The predicted octanol–water partition coefficient (Wildman–Crippen LogP) is 2.01. The van der Waals surface area contributed by atoms with Crippen LogP contribution in [0.5, 0.6) is 0 Å². The van der Waals surface area contributed by atoms with Crippen LogP contribution < -0.4 is 0 Å². The highest BCUT2D eigenvalue weighted by Crippen LogP contribution is 2.33. The van der Waals surface area contributed by atoms with Crippen molar-refractivity contribution in [3.63, 3.8) is 0 Å². The van der Waals surface area contributed by atoms with Crippen molar-refractivity contribution in [3.05, 3.63) is 0 Å². The summed E-state index contributed by atoms with van der Waals surface area (Å²) in [5.74, 6) is -6.08. The van der Waals surface area contributed by atoms with Gasteiger partial charge in [0.25, 0.3) is 0 Å². The molecule has 0 aliphatic rings. The third kappa shape index (κ3) is 8.38. The second-order valence-corrected chi connectivity index (χ2v) is 6.07. The zero-order valence-electron chi connectivity index (χ0n) is 16.2. The molecule has 0 radical (unpaired) electrons. The van der Waals surface area contributed by atoms with Crippen molar-refractivity contribution in [1.29, 1.82) is 0 Å². The summed E-state index contributed by atoms with van der Waals surface area (Å²) in [6, 6.07) is 0. The molecule has 0 saturated heterocycles. The van der Waals surface area contributed by atoms with Crippen LogP contribution in [0.2, 0.25) is 0 Å². The number of carbonyl (C=O) groups excluding carboxylic acids is 2. The fraction of sp³-hybridized carbons (Fsp3) is 0.778. The molecule has 2 unspecified atom stereocenters. The molecule has 0 bridgehead atoms. The average Bonchev–Trinajstić information content (AvgIpc) is 2.59. The molecule has 0 saturated carbocycles. The first-order valence-corrected chi connectivity index (χ1v) is 9.16. The van der Waals surface area contributed by atoms with Gasteiger partial charge in [-0.15, -0.1) is 0 Å². The van der Waals surface area contributed by atoms with Crippen LogP contribution >= 0.6 is 0 Å². The second kappa shape index (κ2) is 13.1. The van der Waals surface area contributed by atoms with Crippen LogP contribution in [0, 0.1) is 5.92 Å². The normalized spacial score (nSPS) is 14.0. The molecule has 2 atom stereocenters. The molecule has 0 spiro atoms. The van der Waals surface area contributed by atoms with E-state index >= 15 is 0 Å². The van der Waals surface area contributed by atoms with Crippen molar-refractivity contribution >= 4 is 23.9 Å². The van der Waals surface area contributed by atoms with Gasteiger partial charge < -0.3 is 24.4 Å². The van der Waals surface area contributed by atoms with Crippen molar-refractivity contribution < 1.29 is 43.6 Å². The highest BCUT2D eigenvalue weighted by molar-refractivity contribution is 5.91. The summed E-state index contributed by atoms with van der Waals surface area (Å²) < 4.78 is 15.1. The van der Waals surface area contributed by atoms with Gasteiger partial charge in [-0.2, -0.15) is 0 Å². The van der Waals surface area contributed by atoms with Gasteiger partial charge in [0.2, 0.25) is 0 Å². The molecular formula is C18H30O9. The first kappa shape index (κ1) is 24.8. The number of carbonyl (C=O) groups is 4. The number of hydrogen-bond donors (Lipinski definition) is 2. The molecule has 0 aromatic carbocycles. The van der Waals surface area contributed by atoms with E-state index in [9.17, 15) is 29.4 Å². The van der Waals surface area contributed by atoms with Gasteiger partial charge in [-0.3, -0.25) is 9.59 Å². The molecule has 0 rings (SSSR count). The molecule has 9 heteroatoms. The van der Waals surface area contributed by atoms with E-state index in [0.29, 0.717) is 25.7 Å². The lowest BCUT2D eigenvalue weighted by atomic mass is 9.80. The Balaban J connectivity index is 5.66. The Morgan fingerprint density at radius 3 is 2.07 bits per heavy atom. The van der Waals surface area contributed by atoms with Crippen molar-refractivity contribution in [2.24, 2.45) is 5.92 Å². The number of aliphatic carboxylic acids is 2. The van der Waals surface area contributed by atoms with E-state index < -0.39 is 48.4 Å². The largest absolute Gasteiger partial charge is 0.481 e. The van der Waals surface area contributed by atoms with Gasteiger partial charge in [0.1, 0.15) is 0 Å². The van der Waals surface area contributed by atoms with Crippen molar-refractivity contribution in [2.45, 2.75) is 64.9 Å². The lowest BCUT2D eigenvalue weighted by Crippen LogP contribution is -2.53. The standard InChI is InChI=1S/C18H30O9/c1-4-7-9-13(16(22)26-12-15(21)25-6-3)18(17(23)24,11-14(19)20)27-10-8-5-2/h13H,4-12H2,1-3H3,(H,19,20)(H,23,24). The van der Waals surface area contributed by atoms with E-state index in [1.54, 1.807) is 6.92 Å². The van der Waals surface area contributed by atoms with Crippen LogP contribution in [-0.4, -0.2) is 59.5 Å². The third-order valence-electron chi connectivity index (χ3n) is 3.96. The van der Waals surface area contributed by atoms with Gasteiger partial charge in [0.15, 0.2) is 12.2 Å². The Morgan fingerprint density at radius 1 is 0.963 bits per heavy atom. The second-order valence-electron chi connectivity index (χ2n) is 6.07. The van der Waals surface area contributed by atoms with E-state index in [1.165, 1.54) is 0 Å². The van der Waals surface area contributed by atoms with Crippen LogP contribution in [0.15, 0.2) is 0 Å². The maximum Gasteiger partial charge on any atom is 0.344 e. The molecule has 0 amide bonds. The number of ether oxygens (including phenoxy) is 3. The summed E-state index contributed by atoms with van der Waals surface area (Å²) in [6.07, 6.45) is 1.49. The maximum atomic E-state index is 12.6. The first-order chi connectivity index (χ1) is 12.7. The fourth-order valence-corrected chi connectivity index (χ4v) is 2.57. The Bertz CT molecular complexity index is 503. The van der Waals surface area contributed by atoms with Gasteiger partial charge in [0.05, 0.1) is 18.9 Å². The number of esters is 2. The summed E-state index contributed by atoms with van der Waals surface area (Å²) in [5.41, 5.74) is -2.26. The Labute approximate surface area is 159 Å². The minimum atomic E-state index is -2.26. The Kier molecular flexibility index (Phi) is 12.0. The minimum Gasteiger partial charge on any atom is -0.481 e. The van der Waals surface area contributed by atoms with E-state index in [2.05, 4.69) is 4.74 Å². The minimum absolute atomic E-state index is 0.0101. The molecular weight excluding hydrogens is 360 g/mol. The number of carboxylic acids is 2. The van der Waals surface area contributed by atoms with Gasteiger partial charge >= 0.3 is 23.9 Å². The summed E-state index contributed by atoms with van der Waals surface area (Å²) in [5, 5.41) is 19.0. The SMILES string of the molecule is CCCCOC(CC(=O)O)(C(=O)O)C(CCCC)C(=O)OCC(=O)OCC. The van der Waals surface area contributed by atoms with Crippen LogP contribution in [0.1, 0.15) is 59.3 Å². The highest BCUT2D eigenvalue weighted by atomic mass is 16.6. The van der Waals surface area contributed by atoms with E-state index in [-0.39, 0.29) is 19.6 Å². The molecule has 0 fully saturated rings. The molecule has 27 heavy (non-hydrogen) atoms. The number of rotatable bonds is 15. The summed E-state index contributed by atoms with van der Waals surface area (Å²) in [7, 11) is 0. The molecule has 0 aromatic heterocycles. The zero-order valence-corrected chi connectivity index (χ0v) is 16.2. The maximum absolute atomic E-state index is 12.6. The van der Waals surface area contributed by atoms with E-state index in [0.717, 1.165) is 0 Å². The Morgan fingerprint density at radius 2 is 1.59 bits per heavy atom. The summed E-state index contributed by atoms with van der Waals surface area (Å²) in [4.78, 5) is 47.3. The van der Waals surface area contributed by atoms with Crippen molar-refractivity contribution in [1.82, 2.24) is 0 Å². The van der Waals surface area contributed by atoms with Gasteiger partial charge in [-0.25, -0.2) is 9.59 Å². The Hall–Kier alpha value is -2.16. The zero-order chi connectivity index (χ0) is 20.9. The van der Waals surface area contributed by atoms with Gasteiger partial charge in [-0.05, 0) is 19.8 Å². The summed E-state index contributed by atoms with van der Waals surface area (Å²) >= 11 is 0. The molecule has 0 heterocycles. The number of hydrogen-bond acceptors (Lipinski definition) is 7. The van der Waals surface area contributed by atoms with Crippen molar-refractivity contribution in [3.8, 4) is 0 Å². The molecule has 0 aliphatic carbocycles. The van der Waals surface area contributed by atoms with Gasteiger partial charge in [-0.1, -0.05) is 33.1 Å². The van der Waals surface area contributed by atoms with Crippen molar-refractivity contribution in [2.75, 3.05) is 19.8 Å². The van der Waals surface area contributed by atoms with Crippen LogP contribution in [0.25, 0.3) is 0 Å². The molecule has 0 aromatic rings. The molecule has 2 N–H and O–H groups in total. The molecule has 0 aliphatic heterocycles. The van der Waals surface area contributed by atoms with E-state index in [1.807, 2.05) is 13.8 Å². The smallest absolute Gasteiger partial charge is 0.344 e. The first-order valence-electron chi connectivity index (χ1n) is 9.16. The van der Waals surface area contributed by atoms with Crippen LogP contribution in [0.4, 0.5) is 0 Å². The summed E-state index contributed by atoms with van der Waals surface area (Å²) in [6.45, 7) is 4.72. The van der Waals surface area contributed by atoms with E-state index in [4.69, 9.17) is 9.47 Å². The number of carboxylic acid groups (broad SMARTS) is 2.